The molecule has 0 spiro atoms. The summed E-state index contributed by atoms with van der Waals surface area (Å²) in [6.45, 7) is 10.5. The molecule has 0 heterocycles. The molecule has 0 amide bonds. The molecule has 1 rings (SSSR count). The molecular weight excluding hydrogens is 303 g/mol. The van der Waals surface area contributed by atoms with E-state index >= 15 is 0 Å². The van der Waals surface area contributed by atoms with Crippen LogP contribution in [0, 0.1) is 17.8 Å². The number of esters is 1. The van der Waals surface area contributed by atoms with Crippen molar-refractivity contribution in [3.63, 3.8) is 0 Å². The monoisotopic (exact) mass is 334 g/mol. The Morgan fingerprint density at radius 3 is 2.27 bits per heavy atom. The average Bonchev–Trinajstić information content (AvgIpc) is 2.38. The molecule has 130 valence electrons. The van der Waals surface area contributed by atoms with Crippen LogP contribution >= 0.6 is 7.60 Å². The van der Waals surface area contributed by atoms with E-state index in [-0.39, 0.29) is 25.5 Å². The van der Waals surface area contributed by atoms with Gasteiger partial charge in [0.2, 0.25) is 0 Å². The minimum atomic E-state index is -3.38. The first kappa shape index (κ1) is 19.7. The van der Waals surface area contributed by atoms with E-state index in [4.69, 9.17) is 13.8 Å². The maximum atomic E-state index is 12.4. The number of hydrogen-bond donors (Lipinski definition) is 0. The van der Waals surface area contributed by atoms with Gasteiger partial charge < -0.3 is 13.8 Å². The number of carbonyl (C=O) groups is 1. The molecule has 0 N–H and O–H groups in total. The summed E-state index contributed by atoms with van der Waals surface area (Å²) in [5.74, 6) is 0.919. The first-order valence-corrected chi connectivity index (χ1v) is 10.1. The molecule has 1 saturated carbocycles. The second-order valence-electron chi connectivity index (χ2n) is 6.46. The molecule has 6 heteroatoms. The second-order valence-corrected chi connectivity index (χ2v) is 8.51. The first-order valence-electron chi connectivity index (χ1n) is 8.38. The summed E-state index contributed by atoms with van der Waals surface area (Å²) in [7, 11) is -3.38. The third-order valence-corrected chi connectivity index (χ3v) is 6.17. The highest BCUT2D eigenvalue weighted by atomic mass is 31.2. The highest BCUT2D eigenvalue weighted by Gasteiger charge is 2.35. The molecule has 1 fully saturated rings. The van der Waals surface area contributed by atoms with Crippen molar-refractivity contribution in [2.75, 3.05) is 19.4 Å². The van der Waals surface area contributed by atoms with Gasteiger partial charge in [-0.15, -0.1) is 0 Å². The van der Waals surface area contributed by atoms with Crippen molar-refractivity contribution >= 4 is 13.6 Å². The molecule has 0 aromatic carbocycles. The lowest BCUT2D eigenvalue weighted by molar-refractivity contribution is -0.153. The molecule has 3 atom stereocenters. The van der Waals surface area contributed by atoms with Gasteiger partial charge in [-0.25, -0.2) is 0 Å². The van der Waals surface area contributed by atoms with Crippen LogP contribution < -0.4 is 0 Å². The molecule has 0 aliphatic heterocycles. The zero-order valence-electron chi connectivity index (χ0n) is 14.5. The normalized spacial score (nSPS) is 26.2. The van der Waals surface area contributed by atoms with Crippen LogP contribution in [0.5, 0.6) is 0 Å². The van der Waals surface area contributed by atoms with E-state index in [1.54, 1.807) is 13.8 Å². The Morgan fingerprint density at radius 1 is 1.18 bits per heavy atom. The predicted octanol–water partition coefficient (Wildman–Crippen LogP) is 4.26. The minimum absolute atomic E-state index is 0.0899. The summed E-state index contributed by atoms with van der Waals surface area (Å²) in [6, 6.07) is 0. The van der Waals surface area contributed by atoms with Crippen molar-refractivity contribution in [2.45, 2.75) is 60.0 Å². The Labute approximate surface area is 134 Å². The van der Waals surface area contributed by atoms with E-state index in [1.807, 2.05) is 0 Å². The zero-order chi connectivity index (χ0) is 16.8. The van der Waals surface area contributed by atoms with Crippen molar-refractivity contribution in [3.8, 4) is 0 Å². The van der Waals surface area contributed by atoms with Gasteiger partial charge in [0.05, 0.1) is 13.2 Å². The lowest BCUT2D eigenvalue weighted by Crippen LogP contribution is -2.36. The van der Waals surface area contributed by atoms with Gasteiger partial charge in [-0.1, -0.05) is 27.2 Å². The topological polar surface area (TPSA) is 61.8 Å². The van der Waals surface area contributed by atoms with Crippen molar-refractivity contribution in [1.29, 1.82) is 0 Å². The predicted molar refractivity (Wildman–Crippen MR) is 86.9 cm³/mol. The smallest absolute Gasteiger partial charge is 0.341 e. The van der Waals surface area contributed by atoms with Crippen molar-refractivity contribution in [1.82, 2.24) is 0 Å². The number of rotatable bonds is 8. The van der Waals surface area contributed by atoms with Crippen LogP contribution in [0.3, 0.4) is 0 Å². The van der Waals surface area contributed by atoms with Crippen LogP contribution in [0.15, 0.2) is 0 Å². The zero-order valence-corrected chi connectivity index (χ0v) is 15.4. The number of hydrogen-bond acceptors (Lipinski definition) is 5. The standard InChI is InChI=1S/C16H31O5P/c1-6-19-22(18,20-7-2)11-16(17)21-15-10-13(5)8-9-14(15)12(3)4/h12-15H,6-11H2,1-5H3/t13-,14+,15-/m1/s1. The van der Waals surface area contributed by atoms with Crippen LogP contribution in [0.25, 0.3) is 0 Å². The van der Waals surface area contributed by atoms with Crippen molar-refractivity contribution < 1.29 is 23.1 Å². The van der Waals surface area contributed by atoms with Crippen molar-refractivity contribution in [3.05, 3.63) is 0 Å². The van der Waals surface area contributed by atoms with E-state index in [9.17, 15) is 9.36 Å². The Morgan fingerprint density at radius 2 is 1.77 bits per heavy atom. The summed E-state index contributed by atoms with van der Waals surface area (Å²) in [4.78, 5) is 12.2. The van der Waals surface area contributed by atoms with E-state index in [1.165, 1.54) is 6.42 Å². The van der Waals surface area contributed by atoms with Crippen molar-refractivity contribution in [2.24, 2.45) is 17.8 Å². The summed E-state index contributed by atoms with van der Waals surface area (Å²) < 4.78 is 28.4. The van der Waals surface area contributed by atoms with Gasteiger partial charge in [0, 0.05) is 0 Å². The lowest BCUT2D eigenvalue weighted by Gasteiger charge is -2.36. The van der Waals surface area contributed by atoms with Gasteiger partial charge in [-0.3, -0.25) is 9.36 Å². The molecule has 1 aliphatic rings. The van der Waals surface area contributed by atoms with Gasteiger partial charge in [-0.2, -0.15) is 0 Å². The molecule has 22 heavy (non-hydrogen) atoms. The largest absolute Gasteiger partial charge is 0.462 e. The van der Waals surface area contributed by atoms with Crippen LogP contribution in [0.1, 0.15) is 53.9 Å². The van der Waals surface area contributed by atoms with E-state index in [0.29, 0.717) is 17.8 Å². The Balaban J connectivity index is 2.66. The molecule has 0 aromatic heterocycles. The van der Waals surface area contributed by atoms with Gasteiger partial charge >= 0.3 is 13.6 Å². The summed E-state index contributed by atoms with van der Waals surface area (Å²) in [6.07, 6.45) is 2.73. The third-order valence-electron chi connectivity index (χ3n) is 4.22. The number of ether oxygens (including phenoxy) is 1. The fraction of sp³-hybridized carbons (Fsp3) is 0.938. The fourth-order valence-corrected chi connectivity index (χ4v) is 4.57. The maximum Gasteiger partial charge on any atom is 0.341 e. The highest BCUT2D eigenvalue weighted by molar-refractivity contribution is 7.54. The average molecular weight is 334 g/mol. The molecule has 0 aromatic rings. The van der Waals surface area contributed by atoms with Crippen LogP contribution in [-0.2, 0) is 23.1 Å². The van der Waals surface area contributed by atoms with E-state index in [2.05, 4.69) is 20.8 Å². The Bertz CT molecular complexity index is 386. The third kappa shape index (κ3) is 6.02. The maximum absolute atomic E-state index is 12.4. The van der Waals surface area contributed by atoms with E-state index < -0.39 is 13.6 Å². The van der Waals surface area contributed by atoms with Crippen LogP contribution in [0.4, 0.5) is 0 Å². The highest BCUT2D eigenvalue weighted by Crippen LogP contribution is 2.48. The summed E-state index contributed by atoms with van der Waals surface area (Å²) in [5, 5.41) is 0. The molecule has 5 nitrogen and oxygen atoms in total. The lowest BCUT2D eigenvalue weighted by atomic mass is 9.75. The quantitative estimate of drug-likeness (QED) is 0.490. The summed E-state index contributed by atoms with van der Waals surface area (Å²) in [5.41, 5.74) is 0. The second kappa shape index (κ2) is 9.05. The van der Waals surface area contributed by atoms with Crippen LogP contribution in [-0.4, -0.2) is 31.4 Å². The molecule has 0 bridgehead atoms. The van der Waals surface area contributed by atoms with Gasteiger partial charge in [0.25, 0.3) is 0 Å². The molecule has 0 saturated heterocycles. The summed E-state index contributed by atoms with van der Waals surface area (Å²) >= 11 is 0. The SMILES string of the molecule is CCOP(=O)(CC(=O)O[C@@H]1C[C@H](C)CC[C@H]1C(C)C)OCC. The molecule has 1 aliphatic carbocycles. The first-order chi connectivity index (χ1) is 10.3. The number of carbonyl (C=O) groups excluding carboxylic acids is 1. The Kier molecular flexibility index (Phi) is 8.09. The van der Waals surface area contributed by atoms with E-state index in [0.717, 1.165) is 12.8 Å². The fourth-order valence-electron chi connectivity index (χ4n) is 3.14. The van der Waals surface area contributed by atoms with Gasteiger partial charge in [-0.05, 0) is 44.4 Å². The van der Waals surface area contributed by atoms with Crippen LogP contribution in [0.2, 0.25) is 0 Å². The van der Waals surface area contributed by atoms with Gasteiger partial charge in [0.1, 0.15) is 12.3 Å². The molecule has 0 radical (unpaired) electrons. The minimum Gasteiger partial charge on any atom is -0.462 e. The molecular formula is C16H31O5P. The van der Waals surface area contributed by atoms with Gasteiger partial charge in [0.15, 0.2) is 0 Å². The Hall–Kier alpha value is -0.380. The molecule has 0 unspecified atom stereocenters.